The third-order valence-electron chi connectivity index (χ3n) is 2.98. The van der Waals surface area contributed by atoms with Gasteiger partial charge in [0.05, 0.1) is 11.3 Å². The number of hydrogen-bond acceptors (Lipinski definition) is 3. The van der Waals surface area contributed by atoms with E-state index in [1.165, 1.54) is 0 Å². The number of rotatable bonds is 3. The zero-order valence-electron chi connectivity index (χ0n) is 9.99. The predicted molar refractivity (Wildman–Crippen MR) is 62.5 cm³/mol. The van der Waals surface area contributed by atoms with Crippen LogP contribution in [0.25, 0.3) is 0 Å². The Bertz CT molecular complexity index is 399. The van der Waals surface area contributed by atoms with Crippen molar-refractivity contribution in [1.29, 1.82) is 0 Å². The second-order valence-electron chi connectivity index (χ2n) is 4.86. The maximum Gasteiger partial charge on any atom is 0.166 e. The molecule has 0 aromatic carbocycles. The zero-order chi connectivity index (χ0) is 11.5. The lowest BCUT2D eigenvalue weighted by atomic mass is 9.96. The van der Waals surface area contributed by atoms with Gasteiger partial charge in [-0.05, 0) is 25.2 Å². The Morgan fingerprint density at radius 2 is 2.19 bits per heavy atom. The number of hydrogen-bond donors (Lipinski definition) is 0. The van der Waals surface area contributed by atoms with Crippen molar-refractivity contribution in [3.8, 4) is 0 Å². The molecule has 1 aliphatic carbocycles. The molecule has 3 heteroatoms. The molecule has 16 heavy (non-hydrogen) atoms. The largest absolute Gasteiger partial charge is 0.294 e. The standard InChI is InChI=1S/C13H18N2O/c1-9(2)6-7-13-14-8-10-11(15-13)4-3-5-12(10)16/h8-9H,3-7H2,1-2H3. The Balaban J connectivity index is 2.15. The van der Waals surface area contributed by atoms with Crippen LogP contribution in [0.5, 0.6) is 0 Å². The first-order valence-corrected chi connectivity index (χ1v) is 6.05. The van der Waals surface area contributed by atoms with Gasteiger partial charge >= 0.3 is 0 Å². The highest BCUT2D eigenvalue weighted by Crippen LogP contribution is 2.19. The minimum atomic E-state index is 0.205. The summed E-state index contributed by atoms with van der Waals surface area (Å²) in [4.78, 5) is 20.4. The smallest absolute Gasteiger partial charge is 0.166 e. The van der Waals surface area contributed by atoms with Crippen LogP contribution >= 0.6 is 0 Å². The molecule has 0 amide bonds. The lowest BCUT2D eigenvalue weighted by Gasteiger charge is -2.14. The van der Waals surface area contributed by atoms with E-state index in [4.69, 9.17) is 0 Å². The molecule has 0 saturated heterocycles. The second kappa shape index (κ2) is 4.73. The van der Waals surface area contributed by atoms with Gasteiger partial charge in [0, 0.05) is 19.0 Å². The Morgan fingerprint density at radius 3 is 2.94 bits per heavy atom. The predicted octanol–water partition coefficient (Wildman–Crippen LogP) is 2.58. The van der Waals surface area contributed by atoms with Gasteiger partial charge in [-0.15, -0.1) is 0 Å². The monoisotopic (exact) mass is 218 g/mol. The van der Waals surface area contributed by atoms with Crippen LogP contribution in [0.15, 0.2) is 6.20 Å². The van der Waals surface area contributed by atoms with Crippen molar-refractivity contribution in [3.63, 3.8) is 0 Å². The molecule has 2 rings (SSSR count). The second-order valence-corrected chi connectivity index (χ2v) is 4.86. The van der Waals surface area contributed by atoms with Gasteiger partial charge < -0.3 is 0 Å². The van der Waals surface area contributed by atoms with E-state index in [2.05, 4.69) is 23.8 Å². The van der Waals surface area contributed by atoms with Crippen molar-refractivity contribution < 1.29 is 4.79 Å². The first kappa shape index (κ1) is 11.2. The van der Waals surface area contributed by atoms with Gasteiger partial charge in [-0.25, -0.2) is 9.97 Å². The molecule has 0 N–H and O–H groups in total. The molecule has 0 atom stereocenters. The van der Waals surface area contributed by atoms with Crippen LogP contribution in [0.4, 0.5) is 0 Å². The average molecular weight is 218 g/mol. The molecule has 0 unspecified atom stereocenters. The van der Waals surface area contributed by atoms with E-state index in [0.717, 1.165) is 42.8 Å². The fourth-order valence-corrected chi connectivity index (χ4v) is 1.97. The minimum Gasteiger partial charge on any atom is -0.294 e. The van der Waals surface area contributed by atoms with Gasteiger partial charge in [0.15, 0.2) is 5.78 Å². The van der Waals surface area contributed by atoms with Crippen LogP contribution in [0, 0.1) is 5.92 Å². The molecule has 1 heterocycles. The molecule has 0 spiro atoms. The normalized spacial score (nSPS) is 15.3. The van der Waals surface area contributed by atoms with E-state index in [1.807, 2.05) is 0 Å². The third kappa shape index (κ3) is 2.46. The molecular formula is C13H18N2O. The van der Waals surface area contributed by atoms with E-state index in [0.29, 0.717) is 12.3 Å². The summed E-state index contributed by atoms with van der Waals surface area (Å²) in [5.74, 6) is 1.76. The Hall–Kier alpha value is -1.25. The Labute approximate surface area is 96.3 Å². The summed E-state index contributed by atoms with van der Waals surface area (Å²) >= 11 is 0. The summed E-state index contributed by atoms with van der Waals surface area (Å²) in [5, 5.41) is 0. The van der Waals surface area contributed by atoms with E-state index in [-0.39, 0.29) is 5.78 Å². The van der Waals surface area contributed by atoms with Crippen LogP contribution in [0.1, 0.15) is 55.0 Å². The van der Waals surface area contributed by atoms with E-state index in [1.54, 1.807) is 6.20 Å². The molecule has 0 fully saturated rings. The van der Waals surface area contributed by atoms with Gasteiger partial charge in [0.25, 0.3) is 0 Å². The number of fused-ring (bicyclic) bond motifs is 1. The molecule has 3 nitrogen and oxygen atoms in total. The molecule has 1 aromatic heterocycles. The highest BCUT2D eigenvalue weighted by atomic mass is 16.1. The number of aryl methyl sites for hydroxylation is 2. The molecule has 1 aromatic rings. The summed E-state index contributed by atoms with van der Waals surface area (Å²) in [6, 6.07) is 0. The van der Waals surface area contributed by atoms with Gasteiger partial charge in [-0.3, -0.25) is 4.79 Å². The highest BCUT2D eigenvalue weighted by molar-refractivity contribution is 5.97. The van der Waals surface area contributed by atoms with Crippen LogP contribution in [-0.2, 0) is 12.8 Å². The fraction of sp³-hybridized carbons (Fsp3) is 0.615. The molecule has 86 valence electrons. The number of aromatic nitrogens is 2. The van der Waals surface area contributed by atoms with Crippen LogP contribution in [0.2, 0.25) is 0 Å². The van der Waals surface area contributed by atoms with Crippen molar-refractivity contribution in [1.82, 2.24) is 9.97 Å². The minimum absolute atomic E-state index is 0.205. The molecule has 0 aliphatic heterocycles. The summed E-state index contributed by atoms with van der Waals surface area (Å²) in [6.45, 7) is 4.39. The van der Waals surface area contributed by atoms with Crippen molar-refractivity contribution in [3.05, 3.63) is 23.3 Å². The maximum absolute atomic E-state index is 11.6. The van der Waals surface area contributed by atoms with Crippen molar-refractivity contribution in [2.75, 3.05) is 0 Å². The van der Waals surface area contributed by atoms with Gasteiger partial charge in [0.1, 0.15) is 5.82 Å². The van der Waals surface area contributed by atoms with Crippen LogP contribution in [-0.4, -0.2) is 15.8 Å². The van der Waals surface area contributed by atoms with Crippen LogP contribution in [0.3, 0.4) is 0 Å². The average Bonchev–Trinajstić information content (AvgIpc) is 2.26. The number of carbonyl (C=O) groups is 1. The quantitative estimate of drug-likeness (QED) is 0.783. The first-order chi connectivity index (χ1) is 7.66. The van der Waals surface area contributed by atoms with Crippen molar-refractivity contribution in [2.24, 2.45) is 5.92 Å². The third-order valence-corrected chi connectivity index (χ3v) is 2.98. The topological polar surface area (TPSA) is 42.9 Å². The summed E-state index contributed by atoms with van der Waals surface area (Å²) in [6.07, 6.45) is 6.26. The van der Waals surface area contributed by atoms with Crippen LogP contribution < -0.4 is 0 Å². The summed E-state index contributed by atoms with van der Waals surface area (Å²) in [7, 11) is 0. The summed E-state index contributed by atoms with van der Waals surface area (Å²) in [5.41, 5.74) is 1.71. The lowest BCUT2D eigenvalue weighted by molar-refractivity contribution is 0.0971. The first-order valence-electron chi connectivity index (χ1n) is 6.05. The lowest BCUT2D eigenvalue weighted by Crippen LogP contribution is -2.15. The van der Waals surface area contributed by atoms with Gasteiger partial charge in [0.2, 0.25) is 0 Å². The van der Waals surface area contributed by atoms with Gasteiger partial charge in [-0.2, -0.15) is 0 Å². The molecule has 0 bridgehead atoms. The molecule has 0 saturated carbocycles. The van der Waals surface area contributed by atoms with E-state index in [9.17, 15) is 4.79 Å². The van der Waals surface area contributed by atoms with E-state index < -0.39 is 0 Å². The number of Topliss-reactive ketones (excluding diaryl/α,β-unsaturated/α-hetero) is 1. The fourth-order valence-electron chi connectivity index (χ4n) is 1.97. The highest BCUT2D eigenvalue weighted by Gasteiger charge is 2.19. The van der Waals surface area contributed by atoms with Gasteiger partial charge in [-0.1, -0.05) is 13.8 Å². The maximum atomic E-state index is 11.6. The number of ketones is 1. The van der Waals surface area contributed by atoms with Crippen molar-refractivity contribution >= 4 is 5.78 Å². The van der Waals surface area contributed by atoms with Crippen molar-refractivity contribution in [2.45, 2.75) is 46.0 Å². The zero-order valence-corrected chi connectivity index (χ0v) is 9.99. The molecule has 1 aliphatic rings. The Kier molecular flexibility index (Phi) is 3.32. The molecular weight excluding hydrogens is 200 g/mol. The van der Waals surface area contributed by atoms with E-state index >= 15 is 0 Å². The Morgan fingerprint density at radius 1 is 1.38 bits per heavy atom. The summed E-state index contributed by atoms with van der Waals surface area (Å²) < 4.78 is 0. The molecule has 0 radical (unpaired) electrons. The number of nitrogens with zero attached hydrogens (tertiary/aromatic N) is 2. The SMILES string of the molecule is CC(C)CCc1ncc2c(n1)CCCC2=O. The number of carbonyl (C=O) groups excluding carboxylic acids is 1.